The van der Waals surface area contributed by atoms with Crippen molar-refractivity contribution in [2.24, 2.45) is 5.92 Å². The third kappa shape index (κ3) is 3.03. The van der Waals surface area contributed by atoms with Gasteiger partial charge < -0.3 is 10.2 Å². The smallest absolute Gasteiger partial charge is 0.242 e. The minimum atomic E-state index is -0.599. The van der Waals surface area contributed by atoms with Crippen LogP contribution in [0.5, 0.6) is 0 Å². The number of hydrogen-bond donors (Lipinski definition) is 3. The molecule has 130 valence electrons. The molecule has 7 heteroatoms. The van der Waals surface area contributed by atoms with Crippen LogP contribution in [0.2, 0.25) is 0 Å². The maximum absolute atomic E-state index is 14.0. The summed E-state index contributed by atoms with van der Waals surface area (Å²) in [6.45, 7) is 1.94. The minimum Gasteiger partial charge on any atom is -0.334 e. The lowest BCUT2D eigenvalue weighted by Crippen LogP contribution is -2.51. The van der Waals surface area contributed by atoms with Gasteiger partial charge >= 0.3 is 0 Å². The molecule has 0 spiro atoms. The van der Waals surface area contributed by atoms with Crippen LogP contribution in [0.25, 0.3) is 0 Å². The van der Waals surface area contributed by atoms with Crippen molar-refractivity contribution in [3.63, 3.8) is 0 Å². The number of fused-ring (bicyclic) bond motifs is 1. The number of amides is 1. The normalized spacial score (nSPS) is 29.3. The highest BCUT2D eigenvalue weighted by Crippen LogP contribution is 2.31. The van der Waals surface area contributed by atoms with Crippen LogP contribution in [0.15, 0.2) is 18.2 Å². The Morgan fingerprint density at radius 3 is 2.79 bits per heavy atom. The Labute approximate surface area is 139 Å². The Bertz CT molecular complexity index is 637. The fourth-order valence-electron chi connectivity index (χ4n) is 3.75. The van der Waals surface area contributed by atoms with Crippen molar-refractivity contribution in [3.05, 3.63) is 35.4 Å². The third-order valence-corrected chi connectivity index (χ3v) is 5.27. The fraction of sp³-hybridized carbons (Fsp3) is 0.588. The van der Waals surface area contributed by atoms with Gasteiger partial charge in [0.15, 0.2) is 0 Å². The Morgan fingerprint density at radius 1 is 1.21 bits per heavy atom. The van der Waals surface area contributed by atoms with Crippen molar-refractivity contribution in [2.45, 2.75) is 43.9 Å². The van der Waals surface area contributed by atoms with Crippen molar-refractivity contribution in [1.82, 2.24) is 21.1 Å². The summed E-state index contributed by atoms with van der Waals surface area (Å²) in [5.41, 5.74) is 6.72. The van der Waals surface area contributed by atoms with Gasteiger partial charge in [-0.15, -0.1) is 0 Å². The minimum absolute atomic E-state index is 0.00456. The maximum atomic E-state index is 14.0. The molecule has 1 aliphatic carbocycles. The van der Waals surface area contributed by atoms with Gasteiger partial charge in [-0.1, -0.05) is 6.07 Å². The summed E-state index contributed by atoms with van der Waals surface area (Å²) in [5.74, 6) is -0.989. The predicted molar refractivity (Wildman–Crippen MR) is 84.8 cm³/mol. The quantitative estimate of drug-likeness (QED) is 0.765. The number of rotatable bonds is 4. The number of carbonyl (C=O) groups is 1. The molecule has 4 rings (SSSR count). The monoisotopic (exact) mass is 336 g/mol. The number of benzene rings is 1. The molecule has 3 aliphatic rings. The first kappa shape index (κ1) is 15.9. The van der Waals surface area contributed by atoms with Crippen LogP contribution < -0.4 is 16.2 Å². The molecule has 0 bridgehead atoms. The number of halogens is 2. The first-order valence-corrected chi connectivity index (χ1v) is 8.59. The number of nitrogens with one attached hydrogen (secondary N) is 3. The van der Waals surface area contributed by atoms with E-state index in [0.29, 0.717) is 11.6 Å². The van der Waals surface area contributed by atoms with Crippen LogP contribution in [0.4, 0.5) is 8.78 Å². The summed E-state index contributed by atoms with van der Waals surface area (Å²) in [7, 11) is 0. The summed E-state index contributed by atoms with van der Waals surface area (Å²) in [5, 5.41) is 3.34. The summed E-state index contributed by atoms with van der Waals surface area (Å²) >= 11 is 0. The molecule has 2 heterocycles. The summed E-state index contributed by atoms with van der Waals surface area (Å²) in [4.78, 5) is 14.8. The van der Waals surface area contributed by atoms with Gasteiger partial charge in [-0.2, -0.15) is 0 Å². The molecule has 1 amide bonds. The summed E-state index contributed by atoms with van der Waals surface area (Å²) < 4.78 is 27.1. The van der Waals surface area contributed by atoms with E-state index in [1.165, 1.54) is 12.1 Å². The second kappa shape index (κ2) is 6.38. The zero-order valence-corrected chi connectivity index (χ0v) is 13.4. The Kier molecular flexibility index (Phi) is 4.24. The maximum Gasteiger partial charge on any atom is 0.242 e. The summed E-state index contributed by atoms with van der Waals surface area (Å²) in [6.07, 6.45) is 2.87. The van der Waals surface area contributed by atoms with E-state index in [1.807, 2.05) is 0 Å². The zero-order chi connectivity index (χ0) is 16.7. The molecular formula is C17H22F2N4O. The van der Waals surface area contributed by atoms with Crippen molar-refractivity contribution in [3.8, 4) is 0 Å². The lowest BCUT2D eigenvalue weighted by molar-refractivity contribution is -0.135. The first-order chi connectivity index (χ1) is 11.6. The van der Waals surface area contributed by atoms with Gasteiger partial charge in [0.05, 0.1) is 0 Å². The lowest BCUT2D eigenvalue weighted by Gasteiger charge is -2.31. The molecule has 2 saturated heterocycles. The van der Waals surface area contributed by atoms with Crippen molar-refractivity contribution < 1.29 is 13.6 Å². The molecule has 24 heavy (non-hydrogen) atoms. The molecular weight excluding hydrogens is 314 g/mol. The lowest BCUT2D eigenvalue weighted by atomic mass is 9.88. The number of piperidine rings is 1. The third-order valence-electron chi connectivity index (χ3n) is 5.27. The van der Waals surface area contributed by atoms with Gasteiger partial charge in [0.25, 0.3) is 0 Å². The number of nitrogens with zero attached hydrogens (tertiary/aromatic N) is 1. The Balaban J connectivity index is 1.51. The standard InChI is InChI=1S/C17H22F2N4O/c18-11-2-1-10(14(19)7-11)9-23(12-3-4-12)17(24)16-13-8-20-6-5-15(13)21-22-16/h1-2,7,12-13,15-16,20-22H,3-6,8-9H2. The zero-order valence-electron chi connectivity index (χ0n) is 13.4. The van der Waals surface area contributed by atoms with Crippen LogP contribution in [-0.2, 0) is 11.3 Å². The Morgan fingerprint density at radius 2 is 2.04 bits per heavy atom. The second-order valence-corrected chi connectivity index (χ2v) is 6.96. The molecule has 0 radical (unpaired) electrons. The van der Waals surface area contributed by atoms with Crippen LogP contribution in [0, 0.1) is 17.6 Å². The van der Waals surface area contributed by atoms with Gasteiger partial charge in [0.2, 0.25) is 5.91 Å². The molecule has 5 nitrogen and oxygen atoms in total. The SMILES string of the molecule is O=C(C1NNC2CCNCC21)N(Cc1ccc(F)cc1F)C1CC1. The highest BCUT2D eigenvalue weighted by molar-refractivity contribution is 5.83. The molecule has 0 aromatic heterocycles. The topological polar surface area (TPSA) is 56.4 Å². The van der Waals surface area contributed by atoms with Crippen molar-refractivity contribution in [1.29, 1.82) is 0 Å². The van der Waals surface area contributed by atoms with Gasteiger partial charge in [-0.25, -0.2) is 14.2 Å². The highest BCUT2D eigenvalue weighted by atomic mass is 19.1. The molecule has 1 saturated carbocycles. The average molecular weight is 336 g/mol. The van der Waals surface area contributed by atoms with E-state index in [1.54, 1.807) is 4.90 Å². The summed E-state index contributed by atoms with van der Waals surface area (Å²) in [6, 6.07) is 3.71. The van der Waals surface area contributed by atoms with E-state index in [-0.39, 0.29) is 30.5 Å². The van der Waals surface area contributed by atoms with Gasteiger partial charge in [-0.05, 0) is 31.9 Å². The highest BCUT2D eigenvalue weighted by Gasteiger charge is 2.45. The second-order valence-electron chi connectivity index (χ2n) is 6.96. The van der Waals surface area contributed by atoms with Crippen LogP contribution in [0.3, 0.4) is 0 Å². The van der Waals surface area contributed by atoms with E-state index < -0.39 is 11.6 Å². The molecule has 3 N–H and O–H groups in total. The van der Waals surface area contributed by atoms with Crippen LogP contribution in [0.1, 0.15) is 24.8 Å². The molecule has 1 aromatic rings. The van der Waals surface area contributed by atoms with Gasteiger partial charge in [0, 0.05) is 42.7 Å². The fourth-order valence-corrected chi connectivity index (χ4v) is 3.75. The van der Waals surface area contributed by atoms with E-state index in [2.05, 4.69) is 16.2 Å². The first-order valence-electron chi connectivity index (χ1n) is 8.59. The molecule has 3 unspecified atom stereocenters. The van der Waals surface area contributed by atoms with E-state index in [4.69, 9.17) is 0 Å². The molecule has 2 aliphatic heterocycles. The molecule has 1 aromatic carbocycles. The van der Waals surface area contributed by atoms with Gasteiger partial charge in [0.1, 0.15) is 17.7 Å². The van der Waals surface area contributed by atoms with Crippen molar-refractivity contribution >= 4 is 5.91 Å². The number of carbonyl (C=O) groups excluding carboxylic acids is 1. The predicted octanol–water partition coefficient (Wildman–Crippen LogP) is 0.910. The molecule has 3 fully saturated rings. The Hall–Kier alpha value is -1.57. The number of hydrazine groups is 1. The van der Waals surface area contributed by atoms with Crippen molar-refractivity contribution in [2.75, 3.05) is 13.1 Å². The average Bonchev–Trinajstić information content (AvgIpc) is 3.32. The van der Waals surface area contributed by atoms with E-state index >= 15 is 0 Å². The molecule has 3 atom stereocenters. The van der Waals surface area contributed by atoms with Crippen LogP contribution in [-0.4, -0.2) is 42.0 Å². The largest absolute Gasteiger partial charge is 0.334 e. The van der Waals surface area contributed by atoms with E-state index in [9.17, 15) is 13.6 Å². The van der Waals surface area contributed by atoms with Crippen LogP contribution >= 0.6 is 0 Å². The van der Waals surface area contributed by atoms with E-state index in [0.717, 1.165) is 38.4 Å². The number of hydrogen-bond acceptors (Lipinski definition) is 4. The van der Waals surface area contributed by atoms with Gasteiger partial charge in [-0.3, -0.25) is 10.2 Å².